The van der Waals surface area contributed by atoms with Gasteiger partial charge in [-0.2, -0.15) is 0 Å². The Kier molecular flexibility index (Phi) is 5.50. The van der Waals surface area contributed by atoms with Crippen LogP contribution in [0, 0.1) is 0 Å². The Balaban J connectivity index is 2.07. The zero-order chi connectivity index (χ0) is 17.1. The Labute approximate surface area is 143 Å². The Morgan fingerprint density at radius 1 is 1.00 bits per heavy atom. The van der Waals surface area contributed by atoms with Crippen LogP contribution in [0.3, 0.4) is 0 Å². The van der Waals surface area contributed by atoms with Gasteiger partial charge in [-0.25, -0.2) is 13.1 Å². The highest BCUT2D eigenvalue weighted by molar-refractivity contribution is 7.89. The first-order valence-electron chi connectivity index (χ1n) is 7.49. The summed E-state index contributed by atoms with van der Waals surface area (Å²) in [5.41, 5.74) is 1.97. The van der Waals surface area contributed by atoms with Crippen molar-refractivity contribution < 1.29 is 8.42 Å². The lowest BCUT2D eigenvalue weighted by Gasteiger charge is -2.19. The number of sulfonamides is 1. The summed E-state index contributed by atoms with van der Waals surface area (Å²) in [7, 11) is -3.56. The van der Waals surface area contributed by atoms with E-state index < -0.39 is 15.4 Å². The third kappa shape index (κ3) is 4.80. The topological polar surface area (TPSA) is 46.2 Å². The van der Waals surface area contributed by atoms with Gasteiger partial charge in [-0.15, -0.1) is 11.6 Å². The molecule has 0 aliphatic heterocycles. The van der Waals surface area contributed by atoms with Crippen LogP contribution in [-0.2, 0) is 15.4 Å². The maximum absolute atomic E-state index is 12.4. The largest absolute Gasteiger partial charge is 0.240 e. The minimum Gasteiger partial charge on any atom is -0.209 e. The predicted molar refractivity (Wildman–Crippen MR) is 95.4 cm³/mol. The van der Waals surface area contributed by atoms with Crippen molar-refractivity contribution in [1.29, 1.82) is 0 Å². The van der Waals surface area contributed by atoms with Crippen LogP contribution in [-0.4, -0.2) is 15.0 Å². The van der Waals surface area contributed by atoms with E-state index in [1.54, 1.807) is 12.1 Å². The molecule has 124 valence electrons. The normalized spacial score (nSPS) is 13.7. The second kappa shape index (κ2) is 7.04. The van der Waals surface area contributed by atoms with Gasteiger partial charge in [-0.1, -0.05) is 63.2 Å². The first-order valence-corrected chi connectivity index (χ1v) is 9.41. The van der Waals surface area contributed by atoms with E-state index in [1.807, 2.05) is 42.5 Å². The third-order valence-corrected chi connectivity index (χ3v) is 5.49. The van der Waals surface area contributed by atoms with E-state index in [1.165, 1.54) is 0 Å². The molecule has 0 heterocycles. The molecule has 0 radical (unpaired) electrons. The Morgan fingerprint density at radius 3 is 2.09 bits per heavy atom. The predicted octanol–water partition coefficient (Wildman–Crippen LogP) is 4.24. The number of nitrogens with one attached hydrogen (secondary N) is 1. The molecule has 2 rings (SSSR count). The molecule has 0 aromatic heterocycles. The van der Waals surface area contributed by atoms with Crippen LogP contribution in [0.4, 0.5) is 0 Å². The number of hydrogen-bond acceptors (Lipinski definition) is 2. The summed E-state index contributed by atoms with van der Waals surface area (Å²) < 4.78 is 27.3. The molecule has 5 heteroatoms. The monoisotopic (exact) mass is 351 g/mol. The average molecular weight is 352 g/mol. The van der Waals surface area contributed by atoms with Gasteiger partial charge in [-0.3, -0.25) is 0 Å². The summed E-state index contributed by atoms with van der Waals surface area (Å²) in [5, 5.41) is -0.403. The van der Waals surface area contributed by atoms with Gasteiger partial charge in [0, 0.05) is 6.54 Å². The summed E-state index contributed by atoms with van der Waals surface area (Å²) >= 11 is 6.26. The van der Waals surface area contributed by atoms with Crippen molar-refractivity contribution in [2.75, 3.05) is 6.54 Å². The molecular formula is C18H22ClNO2S. The van der Waals surface area contributed by atoms with Crippen molar-refractivity contribution in [1.82, 2.24) is 4.72 Å². The second-order valence-corrected chi connectivity index (χ2v) is 8.80. The van der Waals surface area contributed by atoms with Crippen LogP contribution in [0.25, 0.3) is 0 Å². The van der Waals surface area contributed by atoms with Crippen molar-refractivity contribution in [3.05, 3.63) is 65.7 Å². The van der Waals surface area contributed by atoms with E-state index in [-0.39, 0.29) is 16.9 Å². The van der Waals surface area contributed by atoms with Crippen molar-refractivity contribution in [3.63, 3.8) is 0 Å². The maximum Gasteiger partial charge on any atom is 0.240 e. The van der Waals surface area contributed by atoms with Gasteiger partial charge >= 0.3 is 0 Å². The van der Waals surface area contributed by atoms with Gasteiger partial charge in [0.05, 0.1) is 10.3 Å². The van der Waals surface area contributed by atoms with Crippen LogP contribution in [0.2, 0.25) is 0 Å². The van der Waals surface area contributed by atoms with Crippen LogP contribution in [0.15, 0.2) is 59.5 Å². The molecule has 2 aromatic rings. The maximum atomic E-state index is 12.4. The lowest BCUT2D eigenvalue weighted by atomic mass is 9.87. The first kappa shape index (κ1) is 18.0. The van der Waals surface area contributed by atoms with Crippen LogP contribution in [0.5, 0.6) is 0 Å². The molecule has 0 spiro atoms. The molecule has 0 aliphatic rings. The molecule has 23 heavy (non-hydrogen) atoms. The van der Waals surface area contributed by atoms with E-state index in [9.17, 15) is 8.42 Å². The quantitative estimate of drug-likeness (QED) is 0.819. The molecule has 1 atom stereocenters. The van der Waals surface area contributed by atoms with Gasteiger partial charge in [0.2, 0.25) is 10.0 Å². The number of hydrogen-bond donors (Lipinski definition) is 1. The molecule has 1 N–H and O–H groups in total. The fraction of sp³-hybridized carbons (Fsp3) is 0.333. The number of rotatable bonds is 5. The van der Waals surface area contributed by atoms with Crippen LogP contribution < -0.4 is 4.72 Å². The fourth-order valence-electron chi connectivity index (χ4n) is 2.18. The molecular weight excluding hydrogens is 330 g/mol. The summed E-state index contributed by atoms with van der Waals surface area (Å²) in [6.07, 6.45) is 0. The van der Waals surface area contributed by atoms with Crippen molar-refractivity contribution in [3.8, 4) is 0 Å². The van der Waals surface area contributed by atoms with Crippen LogP contribution in [0.1, 0.15) is 37.3 Å². The number of benzene rings is 2. The molecule has 1 unspecified atom stereocenters. The average Bonchev–Trinajstić information content (AvgIpc) is 2.53. The van der Waals surface area contributed by atoms with Crippen molar-refractivity contribution >= 4 is 21.6 Å². The molecule has 0 saturated heterocycles. The second-order valence-electron chi connectivity index (χ2n) is 6.50. The first-order chi connectivity index (χ1) is 10.7. The highest BCUT2D eigenvalue weighted by Gasteiger charge is 2.19. The summed E-state index contributed by atoms with van der Waals surface area (Å²) in [5.74, 6) is 0. The number of halogens is 1. The molecule has 3 nitrogen and oxygen atoms in total. The van der Waals surface area contributed by atoms with Gasteiger partial charge in [-0.05, 0) is 28.7 Å². The van der Waals surface area contributed by atoms with E-state index >= 15 is 0 Å². The molecule has 0 fully saturated rings. The molecule has 0 bridgehead atoms. The smallest absolute Gasteiger partial charge is 0.209 e. The Morgan fingerprint density at radius 2 is 1.57 bits per heavy atom. The summed E-state index contributed by atoms with van der Waals surface area (Å²) in [6.45, 7) is 6.42. The Hall–Kier alpha value is -1.36. The lowest BCUT2D eigenvalue weighted by Crippen LogP contribution is -2.27. The van der Waals surface area contributed by atoms with E-state index in [0.717, 1.165) is 11.1 Å². The minimum absolute atomic E-state index is 0.00966. The molecule has 2 aromatic carbocycles. The van der Waals surface area contributed by atoms with Gasteiger partial charge < -0.3 is 0 Å². The van der Waals surface area contributed by atoms with Crippen molar-refractivity contribution in [2.24, 2.45) is 0 Å². The van der Waals surface area contributed by atoms with Crippen LogP contribution >= 0.6 is 11.6 Å². The third-order valence-electron chi connectivity index (χ3n) is 3.64. The van der Waals surface area contributed by atoms with E-state index in [0.29, 0.717) is 0 Å². The Bertz CT molecular complexity index is 735. The fourth-order valence-corrected chi connectivity index (χ4v) is 3.54. The standard InChI is InChI=1S/C18H22ClNO2S/c1-18(2,3)15-9-11-16(12-10-15)23(21,22)20-13-17(19)14-7-5-4-6-8-14/h4-12,17,20H,13H2,1-3H3. The highest BCUT2D eigenvalue weighted by atomic mass is 35.5. The molecule has 0 amide bonds. The lowest BCUT2D eigenvalue weighted by molar-refractivity contribution is 0.577. The summed E-state index contributed by atoms with van der Waals surface area (Å²) in [6, 6.07) is 16.4. The molecule has 0 aliphatic carbocycles. The minimum atomic E-state index is -3.56. The van der Waals surface area contributed by atoms with E-state index in [2.05, 4.69) is 25.5 Å². The molecule has 0 saturated carbocycles. The van der Waals surface area contributed by atoms with Gasteiger partial charge in [0.15, 0.2) is 0 Å². The SMILES string of the molecule is CC(C)(C)c1ccc(S(=O)(=O)NCC(Cl)c2ccccc2)cc1. The highest BCUT2D eigenvalue weighted by Crippen LogP contribution is 2.24. The van der Waals surface area contributed by atoms with Gasteiger partial charge in [0.1, 0.15) is 0 Å². The zero-order valence-electron chi connectivity index (χ0n) is 13.6. The van der Waals surface area contributed by atoms with E-state index in [4.69, 9.17) is 11.6 Å². The number of alkyl halides is 1. The van der Waals surface area contributed by atoms with Gasteiger partial charge in [0.25, 0.3) is 0 Å². The summed E-state index contributed by atoms with van der Waals surface area (Å²) in [4.78, 5) is 0.252. The zero-order valence-corrected chi connectivity index (χ0v) is 15.2. The van der Waals surface area contributed by atoms with Crippen molar-refractivity contribution in [2.45, 2.75) is 36.5 Å².